The molecule has 0 saturated carbocycles. The SMILES string of the molecule is CCOc1ccc(OCCNC(=O)COc2ccc(N(C)C(=O)NC(C)C)cc2)cc1. The molecule has 0 aromatic heterocycles. The van der Waals surface area contributed by atoms with Crippen molar-refractivity contribution < 1.29 is 23.8 Å². The quantitative estimate of drug-likeness (QED) is 0.536. The van der Waals surface area contributed by atoms with E-state index in [4.69, 9.17) is 14.2 Å². The van der Waals surface area contributed by atoms with Crippen LogP contribution in [0.15, 0.2) is 48.5 Å². The number of carbonyl (C=O) groups excluding carboxylic acids is 2. The van der Waals surface area contributed by atoms with E-state index in [9.17, 15) is 9.59 Å². The third kappa shape index (κ3) is 8.46. The van der Waals surface area contributed by atoms with Crippen molar-refractivity contribution in [3.8, 4) is 17.2 Å². The molecule has 3 amide bonds. The summed E-state index contributed by atoms with van der Waals surface area (Å²) in [4.78, 5) is 25.5. The van der Waals surface area contributed by atoms with Crippen molar-refractivity contribution in [2.24, 2.45) is 0 Å². The first-order chi connectivity index (χ1) is 14.9. The minimum atomic E-state index is -0.243. The van der Waals surface area contributed by atoms with Crippen LogP contribution in [0.1, 0.15) is 20.8 Å². The molecule has 0 bridgehead atoms. The van der Waals surface area contributed by atoms with Gasteiger partial charge < -0.3 is 24.8 Å². The molecule has 0 aliphatic rings. The monoisotopic (exact) mass is 429 g/mol. The fraction of sp³-hybridized carbons (Fsp3) is 0.391. The summed E-state index contributed by atoms with van der Waals surface area (Å²) in [5.41, 5.74) is 0.724. The largest absolute Gasteiger partial charge is 0.494 e. The van der Waals surface area contributed by atoms with Gasteiger partial charge in [-0.15, -0.1) is 0 Å². The lowest BCUT2D eigenvalue weighted by atomic mass is 10.3. The molecule has 0 saturated heterocycles. The number of benzene rings is 2. The number of urea groups is 1. The molecule has 31 heavy (non-hydrogen) atoms. The molecule has 2 aromatic rings. The Bertz CT molecular complexity index is 822. The lowest BCUT2D eigenvalue weighted by molar-refractivity contribution is -0.123. The predicted molar refractivity (Wildman–Crippen MR) is 120 cm³/mol. The van der Waals surface area contributed by atoms with Gasteiger partial charge in [0.2, 0.25) is 0 Å². The summed E-state index contributed by atoms with van der Waals surface area (Å²) in [5, 5.41) is 5.57. The zero-order chi connectivity index (χ0) is 22.6. The number of hydrogen-bond donors (Lipinski definition) is 2. The van der Waals surface area contributed by atoms with Crippen LogP contribution in [0.4, 0.5) is 10.5 Å². The van der Waals surface area contributed by atoms with Gasteiger partial charge in [0.15, 0.2) is 6.61 Å². The number of hydrogen-bond acceptors (Lipinski definition) is 5. The van der Waals surface area contributed by atoms with Gasteiger partial charge in [-0.25, -0.2) is 4.79 Å². The van der Waals surface area contributed by atoms with Gasteiger partial charge >= 0.3 is 6.03 Å². The highest BCUT2D eigenvalue weighted by Crippen LogP contribution is 2.19. The molecule has 8 heteroatoms. The highest BCUT2D eigenvalue weighted by molar-refractivity contribution is 5.91. The Morgan fingerprint density at radius 1 is 0.903 bits per heavy atom. The highest BCUT2D eigenvalue weighted by atomic mass is 16.5. The maximum Gasteiger partial charge on any atom is 0.321 e. The number of anilines is 1. The highest BCUT2D eigenvalue weighted by Gasteiger charge is 2.11. The van der Waals surface area contributed by atoms with Crippen molar-refractivity contribution in [3.63, 3.8) is 0 Å². The zero-order valence-corrected chi connectivity index (χ0v) is 18.5. The first-order valence-electron chi connectivity index (χ1n) is 10.3. The van der Waals surface area contributed by atoms with Crippen LogP contribution in [0, 0.1) is 0 Å². The van der Waals surface area contributed by atoms with Crippen LogP contribution in [-0.2, 0) is 4.79 Å². The lowest BCUT2D eigenvalue weighted by Gasteiger charge is -2.20. The molecule has 0 heterocycles. The zero-order valence-electron chi connectivity index (χ0n) is 18.5. The van der Waals surface area contributed by atoms with E-state index in [0.717, 1.165) is 11.4 Å². The minimum absolute atomic E-state index is 0.0578. The third-order valence-corrected chi connectivity index (χ3v) is 4.14. The Hall–Kier alpha value is -3.42. The van der Waals surface area contributed by atoms with Crippen LogP contribution in [0.3, 0.4) is 0 Å². The smallest absolute Gasteiger partial charge is 0.321 e. The van der Waals surface area contributed by atoms with Crippen LogP contribution in [0.5, 0.6) is 17.2 Å². The van der Waals surface area contributed by atoms with Crippen LogP contribution in [0.25, 0.3) is 0 Å². The van der Waals surface area contributed by atoms with Gasteiger partial charge in [0, 0.05) is 18.8 Å². The van der Waals surface area contributed by atoms with E-state index < -0.39 is 0 Å². The summed E-state index contributed by atoms with van der Waals surface area (Å²) in [7, 11) is 1.69. The summed E-state index contributed by atoms with van der Waals surface area (Å²) in [6, 6.07) is 14.2. The molecule has 0 aliphatic heterocycles. The molecule has 2 aromatic carbocycles. The topological polar surface area (TPSA) is 89.1 Å². The van der Waals surface area contributed by atoms with Gasteiger partial charge in [0.05, 0.1) is 13.2 Å². The third-order valence-electron chi connectivity index (χ3n) is 4.14. The fourth-order valence-electron chi connectivity index (χ4n) is 2.59. The molecule has 2 N–H and O–H groups in total. The number of ether oxygens (including phenoxy) is 3. The van der Waals surface area contributed by atoms with Crippen molar-refractivity contribution in [3.05, 3.63) is 48.5 Å². The van der Waals surface area contributed by atoms with Crippen molar-refractivity contribution in [1.29, 1.82) is 0 Å². The average Bonchev–Trinajstić information content (AvgIpc) is 2.76. The molecule has 0 fully saturated rings. The summed E-state index contributed by atoms with van der Waals surface area (Å²) in [6.07, 6.45) is 0. The maximum absolute atomic E-state index is 12.0. The standard InChI is InChI=1S/C23H31N3O5/c1-5-29-19-10-12-20(13-11-19)30-15-14-24-22(27)16-31-21-8-6-18(7-9-21)26(4)23(28)25-17(2)3/h6-13,17H,5,14-16H2,1-4H3,(H,24,27)(H,25,28). The first kappa shape index (κ1) is 23.9. The Morgan fingerprint density at radius 3 is 2.03 bits per heavy atom. The molecule has 0 unspecified atom stereocenters. The van der Waals surface area contributed by atoms with Gasteiger partial charge in [-0.05, 0) is 69.3 Å². The Balaban J connectivity index is 1.67. The molecular weight excluding hydrogens is 398 g/mol. The lowest BCUT2D eigenvalue weighted by Crippen LogP contribution is -2.40. The Labute approximate surface area is 183 Å². The molecular formula is C23H31N3O5. The van der Waals surface area contributed by atoms with Crippen molar-refractivity contribution in [2.45, 2.75) is 26.8 Å². The van der Waals surface area contributed by atoms with Gasteiger partial charge in [-0.1, -0.05) is 0 Å². The van der Waals surface area contributed by atoms with Crippen molar-refractivity contribution >= 4 is 17.6 Å². The average molecular weight is 430 g/mol. The second-order valence-corrected chi connectivity index (χ2v) is 7.05. The molecule has 168 valence electrons. The molecule has 0 atom stereocenters. The molecule has 0 spiro atoms. The molecule has 0 aliphatic carbocycles. The predicted octanol–water partition coefficient (Wildman–Crippen LogP) is 3.21. The second kappa shape index (κ2) is 12.3. The van der Waals surface area contributed by atoms with Crippen LogP contribution in [0.2, 0.25) is 0 Å². The van der Waals surface area contributed by atoms with E-state index in [1.54, 1.807) is 31.3 Å². The summed E-state index contributed by atoms with van der Waals surface area (Å²) in [5.74, 6) is 1.80. The first-order valence-corrected chi connectivity index (χ1v) is 10.3. The van der Waals surface area contributed by atoms with E-state index >= 15 is 0 Å². The molecule has 2 rings (SSSR count). The van der Waals surface area contributed by atoms with E-state index in [-0.39, 0.29) is 24.6 Å². The van der Waals surface area contributed by atoms with Crippen LogP contribution in [-0.4, -0.2) is 51.4 Å². The van der Waals surface area contributed by atoms with Crippen molar-refractivity contribution in [1.82, 2.24) is 10.6 Å². The van der Waals surface area contributed by atoms with Gasteiger partial charge in [0.1, 0.15) is 23.9 Å². The molecule has 8 nitrogen and oxygen atoms in total. The van der Waals surface area contributed by atoms with Gasteiger partial charge in [-0.2, -0.15) is 0 Å². The minimum Gasteiger partial charge on any atom is -0.494 e. The maximum atomic E-state index is 12.0. The van der Waals surface area contributed by atoms with Gasteiger partial charge in [0.25, 0.3) is 5.91 Å². The number of nitrogens with one attached hydrogen (secondary N) is 2. The second-order valence-electron chi connectivity index (χ2n) is 7.05. The van der Waals surface area contributed by atoms with Crippen LogP contribution >= 0.6 is 0 Å². The Morgan fingerprint density at radius 2 is 1.45 bits per heavy atom. The van der Waals surface area contributed by atoms with E-state index in [0.29, 0.717) is 31.3 Å². The summed E-state index contributed by atoms with van der Waals surface area (Å²) >= 11 is 0. The van der Waals surface area contributed by atoms with Crippen LogP contribution < -0.4 is 29.7 Å². The van der Waals surface area contributed by atoms with E-state index in [1.165, 1.54) is 4.90 Å². The fourth-order valence-corrected chi connectivity index (χ4v) is 2.59. The Kier molecular flexibility index (Phi) is 9.48. The number of amides is 3. The van der Waals surface area contributed by atoms with Crippen molar-refractivity contribution in [2.75, 3.05) is 38.3 Å². The number of rotatable bonds is 11. The van der Waals surface area contributed by atoms with E-state index in [2.05, 4.69) is 10.6 Å². The summed E-state index contributed by atoms with van der Waals surface area (Å²) in [6.45, 7) is 6.96. The van der Waals surface area contributed by atoms with Gasteiger partial charge in [-0.3, -0.25) is 9.69 Å². The number of nitrogens with zero attached hydrogens (tertiary/aromatic N) is 1. The molecule has 0 radical (unpaired) electrons. The van der Waals surface area contributed by atoms with E-state index in [1.807, 2.05) is 45.0 Å². The normalized spacial score (nSPS) is 10.4. The number of carbonyl (C=O) groups is 2. The summed E-state index contributed by atoms with van der Waals surface area (Å²) < 4.78 is 16.5.